The number of aliphatic hydroxyl groups excluding tert-OH is 2. The molecule has 2 unspecified atom stereocenters. The Hall–Kier alpha value is -0.590. The van der Waals surface area contributed by atoms with Crippen molar-refractivity contribution in [2.45, 2.75) is 12.2 Å². The first kappa shape index (κ1) is 12.5. The average Bonchev–Trinajstić information content (AvgIpc) is 2.22. The lowest BCUT2D eigenvalue weighted by Gasteiger charge is -2.17. The summed E-state index contributed by atoms with van der Waals surface area (Å²) in [5, 5.41) is 18.4. The van der Waals surface area contributed by atoms with Crippen molar-refractivity contribution in [3.63, 3.8) is 0 Å². The smallest absolute Gasteiger partial charge is 0.167 e. The largest absolute Gasteiger partial charge is 0.389 e. The van der Waals surface area contributed by atoms with Gasteiger partial charge in [0.2, 0.25) is 0 Å². The Bertz CT molecular complexity index is 359. The molecule has 0 aromatic heterocycles. The molecule has 0 aliphatic heterocycles. The third kappa shape index (κ3) is 2.50. The number of halogens is 4. The van der Waals surface area contributed by atoms with Crippen LogP contribution in [0.4, 0.5) is 13.2 Å². The molecule has 15 heavy (non-hydrogen) atoms. The van der Waals surface area contributed by atoms with E-state index in [4.69, 9.17) is 5.11 Å². The van der Waals surface area contributed by atoms with E-state index >= 15 is 0 Å². The molecule has 0 saturated heterocycles. The van der Waals surface area contributed by atoms with Crippen LogP contribution in [0.1, 0.15) is 11.7 Å². The summed E-state index contributed by atoms with van der Waals surface area (Å²) < 4.78 is 38.9. The zero-order chi connectivity index (χ0) is 11.6. The topological polar surface area (TPSA) is 40.5 Å². The minimum atomic E-state index is -1.81. The highest BCUT2D eigenvalue weighted by molar-refractivity contribution is 9.09. The standard InChI is InChI=1S/C9H8BrF3O2/c10-3-6(14)9(15)7-4(11)1-2-5(12)8(7)13/h1-2,6,9,14-15H,3H2. The first-order valence-electron chi connectivity index (χ1n) is 4.04. The Balaban J connectivity index is 3.18. The molecule has 1 rings (SSSR count). The van der Waals surface area contributed by atoms with Crippen LogP contribution in [0.15, 0.2) is 12.1 Å². The molecular weight excluding hydrogens is 277 g/mol. The third-order valence-electron chi connectivity index (χ3n) is 1.90. The molecule has 2 nitrogen and oxygen atoms in total. The molecule has 0 spiro atoms. The van der Waals surface area contributed by atoms with Crippen LogP contribution in [-0.4, -0.2) is 21.6 Å². The molecule has 0 amide bonds. The first-order chi connectivity index (χ1) is 6.99. The van der Waals surface area contributed by atoms with Crippen molar-refractivity contribution in [2.75, 3.05) is 5.33 Å². The van der Waals surface area contributed by atoms with E-state index in [9.17, 15) is 18.3 Å². The van der Waals surface area contributed by atoms with Gasteiger partial charge in [0, 0.05) is 5.33 Å². The zero-order valence-electron chi connectivity index (χ0n) is 7.42. The maximum atomic E-state index is 13.1. The fraction of sp³-hybridized carbons (Fsp3) is 0.333. The maximum Gasteiger partial charge on any atom is 0.167 e. The summed E-state index contributed by atoms with van der Waals surface area (Å²) in [6, 6.07) is 1.30. The summed E-state index contributed by atoms with van der Waals surface area (Å²) in [6.07, 6.45) is -3.21. The van der Waals surface area contributed by atoms with Crippen molar-refractivity contribution in [1.29, 1.82) is 0 Å². The second-order valence-corrected chi connectivity index (χ2v) is 3.57. The molecular formula is C9H8BrF3O2. The molecule has 0 radical (unpaired) electrons. The summed E-state index contributed by atoms with van der Waals surface area (Å²) in [4.78, 5) is 0. The van der Waals surface area contributed by atoms with Crippen LogP contribution in [0.2, 0.25) is 0 Å². The summed E-state index contributed by atoms with van der Waals surface area (Å²) >= 11 is 2.83. The highest BCUT2D eigenvalue weighted by Gasteiger charge is 2.26. The molecule has 0 saturated carbocycles. The van der Waals surface area contributed by atoms with E-state index in [0.717, 1.165) is 0 Å². The molecule has 0 heterocycles. The van der Waals surface area contributed by atoms with Crippen molar-refractivity contribution in [1.82, 2.24) is 0 Å². The molecule has 2 N–H and O–H groups in total. The molecule has 0 fully saturated rings. The van der Waals surface area contributed by atoms with Crippen LogP contribution in [0, 0.1) is 17.5 Å². The van der Waals surface area contributed by atoms with E-state index in [1.54, 1.807) is 0 Å². The number of benzene rings is 1. The summed E-state index contributed by atoms with van der Waals surface area (Å²) in [6.45, 7) is 0. The van der Waals surface area contributed by atoms with E-state index in [1.807, 2.05) is 0 Å². The molecule has 6 heteroatoms. The van der Waals surface area contributed by atoms with Crippen LogP contribution < -0.4 is 0 Å². The lowest BCUT2D eigenvalue weighted by Crippen LogP contribution is -2.22. The quantitative estimate of drug-likeness (QED) is 0.657. The van der Waals surface area contributed by atoms with Crippen LogP contribution >= 0.6 is 15.9 Å². The van der Waals surface area contributed by atoms with Crippen molar-refractivity contribution in [3.05, 3.63) is 35.1 Å². The van der Waals surface area contributed by atoms with Gasteiger partial charge in [-0.15, -0.1) is 0 Å². The summed E-state index contributed by atoms with van der Waals surface area (Å²) in [5.41, 5.74) is -0.859. The van der Waals surface area contributed by atoms with E-state index in [-0.39, 0.29) is 5.33 Å². The molecule has 0 bridgehead atoms. The van der Waals surface area contributed by atoms with Gasteiger partial charge >= 0.3 is 0 Å². The van der Waals surface area contributed by atoms with Gasteiger partial charge in [-0.25, -0.2) is 13.2 Å². The van der Waals surface area contributed by atoms with Crippen molar-refractivity contribution in [3.8, 4) is 0 Å². The van der Waals surface area contributed by atoms with E-state index in [1.165, 1.54) is 0 Å². The summed E-state index contributed by atoms with van der Waals surface area (Å²) in [7, 11) is 0. The van der Waals surface area contributed by atoms with E-state index in [2.05, 4.69) is 15.9 Å². The van der Waals surface area contributed by atoms with Crippen molar-refractivity contribution >= 4 is 15.9 Å². The van der Waals surface area contributed by atoms with Gasteiger partial charge in [0.25, 0.3) is 0 Å². The van der Waals surface area contributed by atoms with Gasteiger partial charge in [-0.1, -0.05) is 15.9 Å². The molecule has 84 valence electrons. The predicted molar refractivity (Wildman–Crippen MR) is 51.1 cm³/mol. The molecule has 0 aliphatic carbocycles. The highest BCUT2D eigenvalue weighted by Crippen LogP contribution is 2.25. The van der Waals surface area contributed by atoms with Crippen LogP contribution in [0.5, 0.6) is 0 Å². The fourth-order valence-electron chi connectivity index (χ4n) is 1.09. The van der Waals surface area contributed by atoms with Crippen molar-refractivity contribution < 1.29 is 23.4 Å². The van der Waals surface area contributed by atoms with Gasteiger partial charge in [0.15, 0.2) is 11.6 Å². The Morgan fingerprint density at radius 1 is 1.13 bits per heavy atom. The lowest BCUT2D eigenvalue weighted by molar-refractivity contribution is 0.0291. The minimum absolute atomic E-state index is 0.0798. The van der Waals surface area contributed by atoms with Gasteiger partial charge in [-0.3, -0.25) is 0 Å². The van der Waals surface area contributed by atoms with E-state index in [0.29, 0.717) is 12.1 Å². The number of hydrogen-bond donors (Lipinski definition) is 2. The van der Waals surface area contributed by atoms with Crippen LogP contribution in [-0.2, 0) is 0 Å². The van der Waals surface area contributed by atoms with Gasteiger partial charge in [0.1, 0.15) is 11.9 Å². The Kier molecular flexibility index (Phi) is 4.12. The monoisotopic (exact) mass is 284 g/mol. The van der Waals surface area contributed by atoms with Gasteiger partial charge in [-0.05, 0) is 12.1 Å². The normalized spacial score (nSPS) is 15.1. The van der Waals surface area contributed by atoms with Crippen molar-refractivity contribution in [2.24, 2.45) is 0 Å². The lowest BCUT2D eigenvalue weighted by atomic mass is 10.0. The number of hydrogen-bond acceptors (Lipinski definition) is 2. The number of alkyl halides is 1. The minimum Gasteiger partial charge on any atom is -0.389 e. The fourth-order valence-corrected chi connectivity index (χ4v) is 1.44. The second kappa shape index (κ2) is 4.96. The van der Waals surface area contributed by atoms with E-state index < -0.39 is 35.2 Å². The van der Waals surface area contributed by atoms with Crippen LogP contribution in [0.25, 0.3) is 0 Å². The Labute approximate surface area is 92.5 Å². The number of rotatable bonds is 3. The number of aliphatic hydroxyl groups is 2. The predicted octanol–water partition coefficient (Wildman–Crippen LogP) is 1.89. The maximum absolute atomic E-state index is 13.1. The molecule has 1 aromatic rings. The Morgan fingerprint density at radius 2 is 1.67 bits per heavy atom. The highest BCUT2D eigenvalue weighted by atomic mass is 79.9. The molecule has 1 aromatic carbocycles. The van der Waals surface area contributed by atoms with Gasteiger partial charge < -0.3 is 10.2 Å². The van der Waals surface area contributed by atoms with Crippen LogP contribution in [0.3, 0.4) is 0 Å². The molecule has 2 atom stereocenters. The average molecular weight is 285 g/mol. The summed E-state index contributed by atoms with van der Waals surface area (Å²) in [5.74, 6) is -3.85. The first-order valence-corrected chi connectivity index (χ1v) is 5.16. The second-order valence-electron chi connectivity index (χ2n) is 2.92. The SMILES string of the molecule is OC(CBr)C(O)c1c(F)ccc(F)c1F. The zero-order valence-corrected chi connectivity index (χ0v) is 9.01. The van der Waals surface area contributed by atoms with Gasteiger partial charge in [-0.2, -0.15) is 0 Å². The Morgan fingerprint density at radius 3 is 2.20 bits per heavy atom. The van der Waals surface area contributed by atoms with Gasteiger partial charge in [0.05, 0.1) is 11.7 Å². The molecule has 0 aliphatic rings. The third-order valence-corrected chi connectivity index (χ3v) is 2.56.